The number of fused-ring (bicyclic) bond motifs is 1. The lowest BCUT2D eigenvalue weighted by Gasteiger charge is -2.11. The number of nitrogens with zero attached hydrogens (tertiary/aromatic N) is 4. The molecule has 29 heavy (non-hydrogen) atoms. The Morgan fingerprint density at radius 3 is 2.79 bits per heavy atom. The molecule has 144 valence electrons. The summed E-state index contributed by atoms with van der Waals surface area (Å²) >= 11 is 0. The Labute approximate surface area is 169 Å². The first kappa shape index (κ1) is 17.7. The third-order valence-corrected chi connectivity index (χ3v) is 5.44. The van der Waals surface area contributed by atoms with E-state index in [2.05, 4.69) is 39.2 Å². The van der Waals surface area contributed by atoms with Gasteiger partial charge in [0, 0.05) is 41.0 Å². The van der Waals surface area contributed by atoms with Crippen molar-refractivity contribution in [3.8, 4) is 17.0 Å². The number of para-hydroxylation sites is 1. The van der Waals surface area contributed by atoms with Gasteiger partial charge in [-0.3, -0.25) is 9.97 Å². The van der Waals surface area contributed by atoms with Gasteiger partial charge in [-0.25, -0.2) is 4.98 Å². The Hall–Kier alpha value is -3.34. The highest BCUT2D eigenvalue weighted by Gasteiger charge is 2.40. The zero-order valence-corrected chi connectivity index (χ0v) is 16.5. The Bertz CT molecular complexity index is 1190. The SMILES string of the molecule is Cc1cc(-c2cnc(C)nc2OCC2CC2c2ccc3ccccc3n2)ccn1. The Morgan fingerprint density at radius 2 is 1.90 bits per heavy atom. The van der Waals surface area contributed by atoms with Crippen LogP contribution in [-0.2, 0) is 0 Å². The van der Waals surface area contributed by atoms with Gasteiger partial charge >= 0.3 is 0 Å². The van der Waals surface area contributed by atoms with Gasteiger partial charge in [-0.1, -0.05) is 24.3 Å². The van der Waals surface area contributed by atoms with Crippen molar-refractivity contribution in [1.29, 1.82) is 0 Å². The molecule has 0 aliphatic heterocycles. The van der Waals surface area contributed by atoms with Crippen molar-refractivity contribution in [3.63, 3.8) is 0 Å². The van der Waals surface area contributed by atoms with E-state index < -0.39 is 0 Å². The van der Waals surface area contributed by atoms with Gasteiger partial charge in [-0.05, 0) is 50.1 Å². The molecule has 0 spiro atoms. The smallest absolute Gasteiger partial charge is 0.224 e. The molecule has 5 nitrogen and oxygen atoms in total. The maximum absolute atomic E-state index is 6.18. The highest BCUT2D eigenvalue weighted by molar-refractivity contribution is 5.78. The number of aromatic nitrogens is 4. The van der Waals surface area contributed by atoms with E-state index in [4.69, 9.17) is 9.72 Å². The Kier molecular flexibility index (Phi) is 4.43. The van der Waals surface area contributed by atoms with Crippen LogP contribution >= 0.6 is 0 Å². The molecule has 0 radical (unpaired) electrons. The Morgan fingerprint density at radius 1 is 1.00 bits per heavy atom. The number of pyridine rings is 2. The lowest BCUT2D eigenvalue weighted by molar-refractivity contribution is 0.285. The van der Waals surface area contributed by atoms with E-state index in [1.807, 2.05) is 44.3 Å². The first-order chi connectivity index (χ1) is 14.2. The van der Waals surface area contributed by atoms with Crippen LogP contribution in [0.4, 0.5) is 0 Å². The number of benzene rings is 1. The van der Waals surface area contributed by atoms with Gasteiger partial charge in [-0.15, -0.1) is 0 Å². The molecule has 1 aromatic carbocycles. The molecule has 0 N–H and O–H groups in total. The molecular weight excluding hydrogens is 360 g/mol. The van der Waals surface area contributed by atoms with Crippen LogP contribution in [0.3, 0.4) is 0 Å². The number of hydrogen-bond donors (Lipinski definition) is 0. The molecule has 0 bridgehead atoms. The summed E-state index contributed by atoms with van der Waals surface area (Å²) in [6.07, 6.45) is 4.73. The molecule has 1 aliphatic carbocycles. The van der Waals surface area contributed by atoms with Crippen molar-refractivity contribution >= 4 is 10.9 Å². The summed E-state index contributed by atoms with van der Waals surface area (Å²) < 4.78 is 6.18. The molecule has 1 aliphatic rings. The van der Waals surface area contributed by atoms with Gasteiger partial charge in [0.05, 0.1) is 17.7 Å². The number of ether oxygens (including phenoxy) is 1. The van der Waals surface area contributed by atoms with Crippen molar-refractivity contribution in [1.82, 2.24) is 19.9 Å². The fourth-order valence-corrected chi connectivity index (χ4v) is 3.74. The summed E-state index contributed by atoms with van der Waals surface area (Å²) in [5.74, 6) is 2.26. The van der Waals surface area contributed by atoms with Crippen LogP contribution in [0.25, 0.3) is 22.0 Å². The maximum atomic E-state index is 6.18. The molecule has 5 heteroatoms. The largest absolute Gasteiger partial charge is 0.477 e. The van der Waals surface area contributed by atoms with Gasteiger partial charge in [0.2, 0.25) is 5.88 Å². The second kappa shape index (κ2) is 7.24. The highest BCUT2D eigenvalue weighted by Crippen LogP contribution is 2.47. The van der Waals surface area contributed by atoms with E-state index in [-0.39, 0.29) is 0 Å². The molecular formula is C24H22N4O. The van der Waals surface area contributed by atoms with E-state index in [9.17, 15) is 0 Å². The summed E-state index contributed by atoms with van der Waals surface area (Å²) in [5, 5.41) is 1.18. The average Bonchev–Trinajstić information content (AvgIpc) is 3.52. The van der Waals surface area contributed by atoms with Crippen LogP contribution in [-0.4, -0.2) is 26.5 Å². The normalized spacial score (nSPS) is 18.0. The van der Waals surface area contributed by atoms with Crippen molar-refractivity contribution in [3.05, 3.63) is 78.1 Å². The third-order valence-electron chi connectivity index (χ3n) is 5.44. The quantitative estimate of drug-likeness (QED) is 0.492. The van der Waals surface area contributed by atoms with Crippen molar-refractivity contribution in [2.24, 2.45) is 5.92 Å². The summed E-state index contributed by atoms with van der Waals surface area (Å²) in [4.78, 5) is 18.0. The second-order valence-electron chi connectivity index (χ2n) is 7.66. The predicted molar refractivity (Wildman–Crippen MR) is 113 cm³/mol. The first-order valence-electron chi connectivity index (χ1n) is 9.92. The van der Waals surface area contributed by atoms with Crippen molar-refractivity contribution in [2.45, 2.75) is 26.2 Å². The van der Waals surface area contributed by atoms with Gasteiger partial charge in [0.15, 0.2) is 0 Å². The van der Waals surface area contributed by atoms with Crippen LogP contribution in [0.5, 0.6) is 5.88 Å². The molecule has 3 heterocycles. The standard InChI is InChI=1S/C24H22N4O/c1-15-11-18(9-10-25-15)21-13-26-16(2)27-24(21)29-14-19-12-20(19)23-8-7-17-5-3-4-6-22(17)28-23/h3-11,13,19-20H,12,14H2,1-2H3. The summed E-state index contributed by atoms with van der Waals surface area (Å²) in [6, 6.07) is 16.5. The zero-order valence-electron chi connectivity index (χ0n) is 16.5. The molecule has 1 fully saturated rings. The summed E-state index contributed by atoms with van der Waals surface area (Å²) in [7, 11) is 0. The van der Waals surface area contributed by atoms with Gasteiger partial charge < -0.3 is 4.74 Å². The summed E-state index contributed by atoms with van der Waals surface area (Å²) in [5.41, 5.74) is 5.09. The minimum atomic E-state index is 0.453. The minimum Gasteiger partial charge on any atom is -0.477 e. The second-order valence-corrected chi connectivity index (χ2v) is 7.66. The van der Waals surface area contributed by atoms with Crippen molar-refractivity contribution < 1.29 is 4.74 Å². The molecule has 4 aromatic rings. The van der Waals surface area contributed by atoms with Crippen LogP contribution in [0, 0.1) is 19.8 Å². The van der Waals surface area contributed by atoms with Gasteiger partial charge in [0.25, 0.3) is 0 Å². The topological polar surface area (TPSA) is 60.8 Å². The lowest BCUT2D eigenvalue weighted by atomic mass is 10.1. The zero-order chi connectivity index (χ0) is 19.8. The molecule has 1 saturated carbocycles. The van der Waals surface area contributed by atoms with Gasteiger partial charge in [0.1, 0.15) is 5.82 Å². The predicted octanol–water partition coefficient (Wildman–Crippen LogP) is 4.89. The van der Waals surface area contributed by atoms with Crippen molar-refractivity contribution in [2.75, 3.05) is 6.61 Å². The number of rotatable bonds is 5. The van der Waals surface area contributed by atoms with E-state index in [1.54, 1.807) is 6.20 Å². The molecule has 5 rings (SSSR count). The minimum absolute atomic E-state index is 0.453. The molecule has 2 atom stereocenters. The molecule has 3 aromatic heterocycles. The Balaban J connectivity index is 1.32. The maximum Gasteiger partial charge on any atom is 0.224 e. The average molecular weight is 382 g/mol. The first-order valence-corrected chi connectivity index (χ1v) is 9.92. The molecule has 0 amide bonds. The van der Waals surface area contributed by atoms with Crippen LogP contribution in [0.1, 0.15) is 29.6 Å². The summed E-state index contributed by atoms with van der Waals surface area (Å²) in [6.45, 7) is 4.49. The van der Waals surface area contributed by atoms with E-state index in [0.29, 0.717) is 30.1 Å². The third kappa shape index (κ3) is 3.68. The highest BCUT2D eigenvalue weighted by atomic mass is 16.5. The van der Waals surface area contributed by atoms with Crippen LogP contribution < -0.4 is 4.74 Å². The lowest BCUT2D eigenvalue weighted by Crippen LogP contribution is -2.05. The molecule has 2 unspecified atom stereocenters. The number of hydrogen-bond acceptors (Lipinski definition) is 5. The monoisotopic (exact) mass is 382 g/mol. The van der Waals surface area contributed by atoms with E-state index in [0.717, 1.165) is 34.5 Å². The number of aryl methyl sites for hydroxylation is 2. The van der Waals surface area contributed by atoms with Crippen LogP contribution in [0.15, 0.2) is 60.9 Å². The molecule has 0 saturated heterocycles. The fraction of sp³-hybridized carbons (Fsp3) is 0.250. The van der Waals surface area contributed by atoms with Gasteiger partial charge in [-0.2, -0.15) is 4.98 Å². The van der Waals surface area contributed by atoms with E-state index >= 15 is 0 Å². The fourth-order valence-electron chi connectivity index (χ4n) is 3.74. The van der Waals surface area contributed by atoms with Crippen LogP contribution in [0.2, 0.25) is 0 Å². The van der Waals surface area contributed by atoms with E-state index in [1.165, 1.54) is 5.39 Å².